The highest BCUT2D eigenvalue weighted by atomic mass is 16.7. The average molecular weight is 553 g/mol. The molecule has 2 atom stereocenters. The normalized spacial score (nSPS) is 20.5. The molecule has 2 aliphatic rings. The van der Waals surface area contributed by atoms with Crippen molar-refractivity contribution in [3.05, 3.63) is 102 Å². The van der Waals surface area contributed by atoms with Crippen LogP contribution in [0.1, 0.15) is 23.0 Å². The fourth-order valence-electron chi connectivity index (χ4n) is 6.01. The topological polar surface area (TPSA) is 101 Å². The zero-order valence-electron chi connectivity index (χ0n) is 22.5. The number of para-hydroxylation sites is 2. The monoisotopic (exact) mass is 552 g/mol. The third kappa shape index (κ3) is 4.71. The van der Waals surface area contributed by atoms with Gasteiger partial charge in [0.2, 0.25) is 6.79 Å². The van der Waals surface area contributed by atoms with Gasteiger partial charge in [-0.2, -0.15) is 0 Å². The maximum absolute atomic E-state index is 14.0. The molecule has 1 saturated carbocycles. The standard InChI is InChI=1S/C33H28O8/c1-37-24-12-5-3-10-22(24)28-30(32(34)35)29(23-11-4-6-13-25(23)38-2)31(28)33(36)41-21-9-7-8-19(16-21)20-14-15-26-27(17-20)40-18-39-26/h3-17,28-31H,18H2,1-2H3,(H,34,35)/t28?,29?,30-,31+. The molecule has 8 heteroatoms. The molecule has 0 amide bonds. The Hall–Kier alpha value is -4.98. The highest BCUT2D eigenvalue weighted by Crippen LogP contribution is 2.60. The number of fused-ring (bicyclic) bond motifs is 1. The maximum atomic E-state index is 14.0. The van der Waals surface area contributed by atoms with Crippen molar-refractivity contribution in [2.75, 3.05) is 21.0 Å². The minimum Gasteiger partial charge on any atom is -0.496 e. The van der Waals surface area contributed by atoms with E-state index in [-0.39, 0.29) is 6.79 Å². The third-order valence-electron chi connectivity index (χ3n) is 7.86. The summed E-state index contributed by atoms with van der Waals surface area (Å²) in [6, 6.07) is 27.2. The molecule has 4 aromatic rings. The summed E-state index contributed by atoms with van der Waals surface area (Å²) < 4.78 is 28.0. The highest BCUT2D eigenvalue weighted by molar-refractivity contribution is 5.86. The van der Waals surface area contributed by atoms with Crippen LogP contribution in [0.25, 0.3) is 11.1 Å². The Morgan fingerprint density at radius 2 is 1.32 bits per heavy atom. The van der Waals surface area contributed by atoms with Crippen LogP contribution in [-0.2, 0) is 9.59 Å². The van der Waals surface area contributed by atoms with Gasteiger partial charge >= 0.3 is 11.9 Å². The molecular formula is C33H28O8. The van der Waals surface area contributed by atoms with Crippen LogP contribution in [0.5, 0.6) is 28.7 Å². The van der Waals surface area contributed by atoms with Gasteiger partial charge in [0, 0.05) is 11.8 Å². The largest absolute Gasteiger partial charge is 0.496 e. The Kier molecular flexibility index (Phi) is 6.97. The number of carboxylic acid groups (broad SMARTS) is 1. The first-order valence-electron chi connectivity index (χ1n) is 13.2. The molecule has 0 radical (unpaired) electrons. The average Bonchev–Trinajstić information content (AvgIpc) is 3.45. The van der Waals surface area contributed by atoms with Gasteiger partial charge in [-0.15, -0.1) is 0 Å². The van der Waals surface area contributed by atoms with Crippen molar-refractivity contribution >= 4 is 11.9 Å². The summed E-state index contributed by atoms with van der Waals surface area (Å²) in [4.78, 5) is 26.7. The van der Waals surface area contributed by atoms with Gasteiger partial charge in [-0.3, -0.25) is 9.59 Å². The first kappa shape index (κ1) is 26.3. The molecule has 1 fully saturated rings. The fourth-order valence-corrected chi connectivity index (χ4v) is 6.01. The molecule has 1 N–H and O–H groups in total. The predicted octanol–water partition coefficient (Wildman–Crippen LogP) is 5.90. The molecule has 41 heavy (non-hydrogen) atoms. The fraction of sp³-hybridized carbons (Fsp3) is 0.212. The number of benzene rings is 4. The van der Waals surface area contributed by atoms with Crippen LogP contribution < -0.4 is 23.7 Å². The van der Waals surface area contributed by atoms with Gasteiger partial charge in [0.15, 0.2) is 11.5 Å². The molecule has 2 unspecified atom stereocenters. The van der Waals surface area contributed by atoms with E-state index >= 15 is 0 Å². The SMILES string of the molecule is COc1ccccc1C1[C@H](C(=O)O)C(c2ccccc2OC)[C@@H]1C(=O)Oc1cccc(-c2ccc3c(c2)OCO3)c1. The van der Waals surface area contributed by atoms with Crippen molar-refractivity contribution in [1.29, 1.82) is 0 Å². The lowest BCUT2D eigenvalue weighted by Gasteiger charge is -2.49. The van der Waals surface area contributed by atoms with E-state index in [2.05, 4.69) is 0 Å². The first-order chi connectivity index (χ1) is 20.0. The lowest BCUT2D eigenvalue weighted by atomic mass is 9.52. The Labute approximate surface area is 237 Å². The molecule has 1 aliphatic carbocycles. The molecule has 0 spiro atoms. The Balaban J connectivity index is 1.37. The van der Waals surface area contributed by atoms with Crippen molar-refractivity contribution in [3.63, 3.8) is 0 Å². The third-order valence-corrected chi connectivity index (χ3v) is 7.86. The Morgan fingerprint density at radius 1 is 0.707 bits per heavy atom. The van der Waals surface area contributed by atoms with Crippen LogP contribution in [0.4, 0.5) is 0 Å². The molecule has 208 valence electrons. The van der Waals surface area contributed by atoms with E-state index in [0.717, 1.165) is 11.1 Å². The van der Waals surface area contributed by atoms with Crippen LogP contribution in [0, 0.1) is 11.8 Å². The number of methoxy groups -OCH3 is 2. The van der Waals surface area contributed by atoms with Gasteiger partial charge < -0.3 is 28.8 Å². The highest BCUT2D eigenvalue weighted by Gasteiger charge is 2.60. The van der Waals surface area contributed by atoms with E-state index in [1.807, 2.05) is 48.5 Å². The number of carbonyl (C=O) groups excluding carboxylic acids is 1. The van der Waals surface area contributed by atoms with E-state index in [1.165, 1.54) is 14.2 Å². The zero-order chi connectivity index (χ0) is 28.5. The summed E-state index contributed by atoms with van der Waals surface area (Å²) in [6.45, 7) is 0.176. The molecule has 8 nitrogen and oxygen atoms in total. The number of carboxylic acids is 1. The summed E-state index contributed by atoms with van der Waals surface area (Å²) in [5, 5.41) is 10.4. The Morgan fingerprint density at radius 3 is 1.95 bits per heavy atom. The van der Waals surface area contributed by atoms with Crippen molar-refractivity contribution in [2.24, 2.45) is 11.8 Å². The number of hydrogen-bond acceptors (Lipinski definition) is 7. The quantitative estimate of drug-likeness (QED) is 0.213. The van der Waals surface area contributed by atoms with Crippen molar-refractivity contribution in [2.45, 2.75) is 11.8 Å². The molecular weight excluding hydrogens is 524 g/mol. The zero-order valence-corrected chi connectivity index (χ0v) is 22.5. The van der Waals surface area contributed by atoms with Crippen LogP contribution in [0.15, 0.2) is 91.0 Å². The number of rotatable bonds is 8. The van der Waals surface area contributed by atoms with Gasteiger partial charge in [-0.05, 0) is 58.7 Å². The van der Waals surface area contributed by atoms with Crippen LogP contribution in [-0.4, -0.2) is 38.1 Å². The molecule has 0 aromatic heterocycles. The van der Waals surface area contributed by atoms with E-state index in [1.54, 1.807) is 42.5 Å². The second kappa shape index (κ2) is 10.9. The molecule has 0 bridgehead atoms. The maximum Gasteiger partial charge on any atom is 0.315 e. The predicted molar refractivity (Wildman–Crippen MR) is 150 cm³/mol. The number of carbonyl (C=O) groups is 2. The second-order valence-corrected chi connectivity index (χ2v) is 9.94. The van der Waals surface area contributed by atoms with Crippen LogP contribution >= 0.6 is 0 Å². The number of hydrogen-bond donors (Lipinski definition) is 1. The summed E-state index contributed by atoms with van der Waals surface area (Å²) >= 11 is 0. The number of aliphatic carboxylic acids is 1. The number of ether oxygens (including phenoxy) is 5. The van der Waals surface area contributed by atoms with E-state index in [4.69, 9.17) is 23.7 Å². The Bertz CT molecular complexity index is 1560. The van der Waals surface area contributed by atoms with Crippen molar-refractivity contribution in [1.82, 2.24) is 0 Å². The molecule has 1 aliphatic heterocycles. The lowest BCUT2D eigenvalue weighted by molar-refractivity contribution is -0.158. The van der Waals surface area contributed by atoms with Crippen LogP contribution in [0.2, 0.25) is 0 Å². The summed E-state index contributed by atoms with van der Waals surface area (Å²) in [7, 11) is 3.06. The second-order valence-electron chi connectivity index (χ2n) is 9.94. The van der Waals surface area contributed by atoms with E-state index < -0.39 is 35.6 Å². The smallest absolute Gasteiger partial charge is 0.315 e. The minimum absolute atomic E-state index is 0.176. The minimum atomic E-state index is -1.01. The van der Waals surface area contributed by atoms with E-state index in [0.29, 0.717) is 39.9 Å². The summed E-state index contributed by atoms with van der Waals surface area (Å²) in [6.07, 6.45) is 0. The molecule has 6 rings (SSSR count). The molecule has 0 saturated heterocycles. The summed E-state index contributed by atoms with van der Waals surface area (Å²) in [5.41, 5.74) is 2.99. The van der Waals surface area contributed by atoms with Gasteiger partial charge in [0.25, 0.3) is 0 Å². The summed E-state index contributed by atoms with van der Waals surface area (Å²) in [5.74, 6) is -1.89. The van der Waals surface area contributed by atoms with Crippen molar-refractivity contribution in [3.8, 4) is 39.9 Å². The molecule has 1 heterocycles. The van der Waals surface area contributed by atoms with Gasteiger partial charge in [0.1, 0.15) is 17.2 Å². The lowest BCUT2D eigenvalue weighted by Crippen LogP contribution is -2.52. The number of esters is 1. The first-order valence-corrected chi connectivity index (χ1v) is 13.2. The van der Waals surface area contributed by atoms with Crippen LogP contribution in [0.3, 0.4) is 0 Å². The van der Waals surface area contributed by atoms with Gasteiger partial charge in [-0.25, -0.2) is 0 Å². The van der Waals surface area contributed by atoms with E-state index in [9.17, 15) is 14.7 Å². The molecule has 4 aromatic carbocycles. The van der Waals surface area contributed by atoms with Crippen molar-refractivity contribution < 1.29 is 38.4 Å². The van der Waals surface area contributed by atoms with Gasteiger partial charge in [0.05, 0.1) is 26.1 Å². The van der Waals surface area contributed by atoms with Gasteiger partial charge in [-0.1, -0.05) is 54.6 Å².